The molecule has 6 heteroatoms. The van der Waals surface area contributed by atoms with Crippen molar-refractivity contribution in [3.63, 3.8) is 0 Å². The van der Waals surface area contributed by atoms with E-state index in [2.05, 4.69) is 10.4 Å². The van der Waals surface area contributed by atoms with Crippen molar-refractivity contribution in [2.75, 3.05) is 0 Å². The van der Waals surface area contributed by atoms with Crippen LogP contribution >= 0.6 is 0 Å². The van der Waals surface area contributed by atoms with Crippen LogP contribution < -0.4 is 5.32 Å². The fourth-order valence-electron chi connectivity index (χ4n) is 2.81. The van der Waals surface area contributed by atoms with Crippen LogP contribution in [0.1, 0.15) is 32.9 Å². The molecule has 0 saturated carbocycles. The zero-order chi connectivity index (χ0) is 18.7. The van der Waals surface area contributed by atoms with Gasteiger partial charge in [0.2, 0.25) is 0 Å². The third kappa shape index (κ3) is 3.79. The van der Waals surface area contributed by atoms with Crippen LogP contribution in [0, 0.1) is 25.5 Å². The number of hydrogen-bond acceptors (Lipinski definition) is 2. The summed E-state index contributed by atoms with van der Waals surface area (Å²) in [4.78, 5) is 12.2. The van der Waals surface area contributed by atoms with Crippen LogP contribution in [0.25, 0.3) is 0 Å². The zero-order valence-corrected chi connectivity index (χ0v) is 14.6. The molecule has 0 aliphatic carbocycles. The fraction of sp³-hybridized carbons (Fsp3) is 0.200. The van der Waals surface area contributed by atoms with E-state index >= 15 is 0 Å². The first-order chi connectivity index (χ1) is 12.5. The lowest BCUT2D eigenvalue weighted by molar-refractivity contribution is 0.0950. The average Bonchev–Trinajstić information content (AvgIpc) is 2.89. The molecule has 0 spiro atoms. The molecule has 0 fully saturated rings. The van der Waals surface area contributed by atoms with Crippen molar-refractivity contribution >= 4 is 5.91 Å². The van der Waals surface area contributed by atoms with Crippen LogP contribution in [-0.2, 0) is 13.1 Å². The van der Waals surface area contributed by atoms with Gasteiger partial charge in [-0.15, -0.1) is 0 Å². The summed E-state index contributed by atoms with van der Waals surface area (Å²) in [6, 6.07) is 13.1. The van der Waals surface area contributed by atoms with E-state index in [1.165, 1.54) is 6.07 Å². The lowest BCUT2D eigenvalue weighted by atomic mass is 10.1. The molecule has 0 unspecified atom stereocenters. The van der Waals surface area contributed by atoms with Crippen LogP contribution in [0.15, 0.2) is 48.5 Å². The number of carbonyl (C=O) groups is 1. The Morgan fingerprint density at radius 1 is 1.08 bits per heavy atom. The topological polar surface area (TPSA) is 46.9 Å². The van der Waals surface area contributed by atoms with E-state index in [4.69, 9.17) is 0 Å². The quantitative estimate of drug-likeness (QED) is 0.758. The van der Waals surface area contributed by atoms with Gasteiger partial charge in [0, 0.05) is 23.4 Å². The highest BCUT2D eigenvalue weighted by molar-refractivity contribution is 5.94. The van der Waals surface area contributed by atoms with Gasteiger partial charge in [-0.1, -0.05) is 30.3 Å². The SMILES string of the molecule is Cc1nn(Cc2ccccc2)c(C)c1CNC(=O)c1ccc(F)c(F)c1. The number of carbonyl (C=O) groups excluding carboxylic acids is 1. The zero-order valence-electron chi connectivity index (χ0n) is 14.6. The van der Waals surface area contributed by atoms with Crippen LogP contribution in [0.2, 0.25) is 0 Å². The second-order valence-electron chi connectivity index (χ2n) is 6.10. The Kier molecular flexibility index (Phi) is 5.11. The molecule has 3 aromatic rings. The number of amides is 1. The Balaban J connectivity index is 1.72. The van der Waals surface area contributed by atoms with Crippen molar-refractivity contribution in [3.8, 4) is 0 Å². The Bertz CT molecular complexity index is 936. The van der Waals surface area contributed by atoms with Gasteiger partial charge in [0.15, 0.2) is 11.6 Å². The molecular weight excluding hydrogens is 336 g/mol. The van der Waals surface area contributed by atoms with Gasteiger partial charge in [-0.2, -0.15) is 5.10 Å². The number of hydrogen-bond donors (Lipinski definition) is 1. The standard InChI is InChI=1S/C20H19F2N3O/c1-13-17(11-23-20(26)16-8-9-18(21)19(22)10-16)14(2)25(24-13)12-15-6-4-3-5-7-15/h3-10H,11-12H2,1-2H3,(H,23,26). The molecule has 134 valence electrons. The highest BCUT2D eigenvalue weighted by Crippen LogP contribution is 2.15. The van der Waals surface area contributed by atoms with Gasteiger partial charge in [0.25, 0.3) is 5.91 Å². The number of aromatic nitrogens is 2. The molecule has 4 nitrogen and oxygen atoms in total. The molecule has 0 radical (unpaired) electrons. The Labute approximate surface area is 150 Å². The molecule has 0 saturated heterocycles. The first-order valence-corrected chi connectivity index (χ1v) is 8.25. The summed E-state index contributed by atoms with van der Waals surface area (Å²) in [5.74, 6) is -2.48. The molecular formula is C20H19F2N3O. The predicted molar refractivity (Wildman–Crippen MR) is 94.8 cm³/mol. The molecule has 2 aromatic carbocycles. The van der Waals surface area contributed by atoms with E-state index in [9.17, 15) is 13.6 Å². The normalized spacial score (nSPS) is 10.8. The number of aryl methyl sites for hydroxylation is 1. The Hall–Kier alpha value is -3.02. The molecule has 3 rings (SSSR count). The van der Waals surface area contributed by atoms with Crippen LogP contribution in [-0.4, -0.2) is 15.7 Å². The summed E-state index contributed by atoms with van der Waals surface area (Å²) in [7, 11) is 0. The second-order valence-corrected chi connectivity index (χ2v) is 6.10. The van der Waals surface area contributed by atoms with Crippen molar-refractivity contribution in [2.24, 2.45) is 0 Å². The Morgan fingerprint density at radius 3 is 2.50 bits per heavy atom. The van der Waals surface area contributed by atoms with Gasteiger partial charge in [-0.3, -0.25) is 9.48 Å². The summed E-state index contributed by atoms with van der Waals surface area (Å²) in [5.41, 5.74) is 3.91. The molecule has 0 aliphatic heterocycles. The second kappa shape index (κ2) is 7.47. The first kappa shape index (κ1) is 17.8. The third-order valence-corrected chi connectivity index (χ3v) is 4.31. The van der Waals surface area contributed by atoms with Gasteiger partial charge in [-0.05, 0) is 37.6 Å². The van der Waals surface area contributed by atoms with Gasteiger partial charge in [-0.25, -0.2) is 8.78 Å². The van der Waals surface area contributed by atoms with Crippen LogP contribution in [0.5, 0.6) is 0 Å². The minimum absolute atomic E-state index is 0.0795. The average molecular weight is 355 g/mol. The number of nitrogens with one attached hydrogen (secondary N) is 1. The van der Waals surface area contributed by atoms with Crippen molar-refractivity contribution in [1.29, 1.82) is 0 Å². The van der Waals surface area contributed by atoms with E-state index in [1.807, 2.05) is 48.9 Å². The van der Waals surface area contributed by atoms with E-state index in [0.29, 0.717) is 6.54 Å². The van der Waals surface area contributed by atoms with E-state index in [0.717, 1.165) is 34.6 Å². The predicted octanol–water partition coefficient (Wildman–Crippen LogP) is 3.76. The van der Waals surface area contributed by atoms with Crippen molar-refractivity contribution in [1.82, 2.24) is 15.1 Å². The molecule has 26 heavy (non-hydrogen) atoms. The molecule has 0 atom stereocenters. The van der Waals surface area contributed by atoms with Gasteiger partial charge >= 0.3 is 0 Å². The van der Waals surface area contributed by atoms with E-state index in [1.54, 1.807) is 0 Å². The summed E-state index contributed by atoms with van der Waals surface area (Å²) in [6.45, 7) is 4.74. The number of rotatable bonds is 5. The largest absolute Gasteiger partial charge is 0.348 e. The maximum atomic E-state index is 13.3. The van der Waals surface area contributed by atoms with Crippen LogP contribution in [0.3, 0.4) is 0 Å². The maximum absolute atomic E-state index is 13.3. The monoisotopic (exact) mass is 355 g/mol. The number of halogens is 2. The number of nitrogens with zero attached hydrogens (tertiary/aromatic N) is 2. The molecule has 1 heterocycles. The summed E-state index contributed by atoms with van der Waals surface area (Å²) in [6.07, 6.45) is 0. The maximum Gasteiger partial charge on any atom is 0.251 e. The molecule has 0 aliphatic rings. The molecule has 1 aromatic heterocycles. The lowest BCUT2D eigenvalue weighted by Crippen LogP contribution is -2.23. The van der Waals surface area contributed by atoms with E-state index in [-0.39, 0.29) is 12.1 Å². The highest BCUT2D eigenvalue weighted by Gasteiger charge is 2.14. The van der Waals surface area contributed by atoms with Crippen LogP contribution in [0.4, 0.5) is 8.78 Å². The summed E-state index contributed by atoms with van der Waals surface area (Å²) in [5, 5.41) is 7.28. The molecule has 1 amide bonds. The van der Waals surface area contributed by atoms with Crippen molar-refractivity contribution in [3.05, 3.63) is 88.2 Å². The van der Waals surface area contributed by atoms with Gasteiger partial charge in [0.1, 0.15) is 0 Å². The minimum Gasteiger partial charge on any atom is -0.348 e. The number of benzene rings is 2. The van der Waals surface area contributed by atoms with Gasteiger partial charge in [0.05, 0.1) is 12.2 Å². The van der Waals surface area contributed by atoms with Crippen molar-refractivity contribution in [2.45, 2.75) is 26.9 Å². The first-order valence-electron chi connectivity index (χ1n) is 8.25. The smallest absolute Gasteiger partial charge is 0.251 e. The highest BCUT2D eigenvalue weighted by atomic mass is 19.2. The van der Waals surface area contributed by atoms with Crippen molar-refractivity contribution < 1.29 is 13.6 Å². The summed E-state index contributed by atoms with van der Waals surface area (Å²) >= 11 is 0. The lowest BCUT2D eigenvalue weighted by Gasteiger charge is -2.08. The fourth-order valence-corrected chi connectivity index (χ4v) is 2.81. The van der Waals surface area contributed by atoms with E-state index < -0.39 is 17.5 Å². The van der Waals surface area contributed by atoms with Gasteiger partial charge < -0.3 is 5.32 Å². The molecule has 0 bridgehead atoms. The third-order valence-electron chi connectivity index (χ3n) is 4.31. The Morgan fingerprint density at radius 2 is 1.81 bits per heavy atom. The summed E-state index contributed by atoms with van der Waals surface area (Å²) < 4.78 is 28.1. The molecule has 1 N–H and O–H groups in total. The minimum atomic E-state index is -1.04.